The SMILES string of the molecule is C[C@H]([C]1[CH][CH][CH][C]1P(c1ccccc1)c1ccccc1)N(C)CN(C)C.[CH]1[CH][CH][C](P(c2ccccc2)c2ccccc2)[CH]1.[Fe]. The topological polar surface area (TPSA) is 6.48 Å². The third-order valence-corrected chi connectivity index (χ3v) is 12.6. The molecular formula is C40H42FeN2P2. The van der Waals surface area contributed by atoms with Gasteiger partial charge in [-0.1, -0.05) is 121 Å². The Hall–Kier alpha value is -1.82. The van der Waals surface area contributed by atoms with E-state index >= 15 is 0 Å². The number of benzene rings is 4. The van der Waals surface area contributed by atoms with Crippen molar-refractivity contribution in [2.75, 3.05) is 27.8 Å². The van der Waals surface area contributed by atoms with Crippen LogP contribution in [-0.4, -0.2) is 43.7 Å². The van der Waals surface area contributed by atoms with Gasteiger partial charge in [-0.3, -0.25) is 9.80 Å². The average molecular weight is 669 g/mol. The second kappa shape index (κ2) is 18.5. The molecule has 2 nitrogen and oxygen atoms in total. The fourth-order valence-electron chi connectivity index (χ4n) is 5.48. The Kier molecular flexibility index (Phi) is 14.8. The summed E-state index contributed by atoms with van der Waals surface area (Å²) in [7, 11) is 5.49. The van der Waals surface area contributed by atoms with Gasteiger partial charge in [0, 0.05) is 40.3 Å². The quantitative estimate of drug-likeness (QED) is 0.101. The van der Waals surface area contributed by atoms with Gasteiger partial charge in [-0.15, -0.1) is 0 Å². The molecule has 0 aliphatic heterocycles. The van der Waals surface area contributed by atoms with Gasteiger partial charge in [0.05, 0.1) is 6.67 Å². The van der Waals surface area contributed by atoms with Crippen molar-refractivity contribution >= 4 is 37.1 Å². The van der Waals surface area contributed by atoms with Crippen molar-refractivity contribution in [3.05, 3.63) is 184 Å². The maximum absolute atomic E-state index is 2.41. The molecule has 0 N–H and O–H groups in total. The standard InChI is InChI=1S/C23H28N2P.C17H14P.Fe/c1-19(25(4)18-24(2)3)22-16-11-17-23(22)26(20-12-7-5-8-13-20)21-14-9-6-10-15-21;1-3-9-15(10-4-1)18(17-13-7-8-14-17)16-11-5-2-6-12-16;/h5-17,19H,18H2,1-4H3;1-14H;/t19-;;/m1../s1. The smallest absolute Gasteiger partial charge is 0.0500 e. The molecule has 2 aliphatic rings. The molecule has 1 atom stereocenters. The van der Waals surface area contributed by atoms with Crippen LogP contribution in [0.5, 0.6) is 0 Å². The largest absolute Gasteiger partial charge is 0.297 e. The second-order valence-electron chi connectivity index (χ2n) is 11.2. The van der Waals surface area contributed by atoms with Crippen LogP contribution in [0.3, 0.4) is 0 Å². The maximum Gasteiger partial charge on any atom is 0.0500 e. The fraction of sp³-hybridized carbons (Fsp3) is 0.150. The van der Waals surface area contributed by atoms with Crippen molar-refractivity contribution in [1.82, 2.24) is 9.80 Å². The van der Waals surface area contributed by atoms with Crippen molar-refractivity contribution in [1.29, 1.82) is 0 Å². The summed E-state index contributed by atoms with van der Waals surface area (Å²) < 4.78 is 0. The summed E-state index contributed by atoms with van der Waals surface area (Å²) in [6.07, 6.45) is 15.5. The molecule has 0 saturated heterocycles. The Morgan fingerprint density at radius 2 is 0.911 bits per heavy atom. The molecule has 0 aromatic heterocycles. The van der Waals surface area contributed by atoms with Gasteiger partial charge in [-0.25, -0.2) is 0 Å². The Labute approximate surface area is 287 Å². The predicted octanol–water partition coefficient (Wildman–Crippen LogP) is 7.17. The zero-order chi connectivity index (χ0) is 30.7. The normalized spacial score (nSPS) is 16.6. The molecule has 0 unspecified atom stereocenters. The molecule has 45 heavy (non-hydrogen) atoms. The van der Waals surface area contributed by atoms with E-state index in [4.69, 9.17) is 0 Å². The van der Waals surface area contributed by atoms with Crippen molar-refractivity contribution in [3.8, 4) is 0 Å². The number of hydrogen-bond donors (Lipinski definition) is 0. The molecule has 230 valence electrons. The molecule has 0 bridgehead atoms. The molecule has 2 fully saturated rings. The van der Waals surface area contributed by atoms with Gasteiger partial charge in [0.25, 0.3) is 0 Å². The molecule has 4 aromatic rings. The minimum absolute atomic E-state index is 0. The first-order chi connectivity index (χ1) is 21.5. The molecule has 10 radical (unpaired) electrons. The Bertz CT molecular complexity index is 1270. The number of hydrogen-bond acceptors (Lipinski definition) is 2. The molecule has 2 saturated carbocycles. The van der Waals surface area contributed by atoms with Gasteiger partial charge in [0.2, 0.25) is 0 Å². The van der Waals surface area contributed by atoms with E-state index in [2.05, 4.69) is 204 Å². The van der Waals surface area contributed by atoms with E-state index in [0.29, 0.717) is 6.04 Å². The summed E-state index contributed by atoms with van der Waals surface area (Å²) in [4.78, 5) is 4.62. The van der Waals surface area contributed by atoms with Crippen LogP contribution in [0.1, 0.15) is 6.92 Å². The summed E-state index contributed by atoms with van der Waals surface area (Å²) in [5.41, 5.74) is 2.89. The molecule has 6 rings (SSSR count). The van der Waals surface area contributed by atoms with Crippen molar-refractivity contribution in [2.24, 2.45) is 0 Å². The van der Waals surface area contributed by atoms with E-state index in [1.165, 1.54) is 38.5 Å². The fourth-order valence-corrected chi connectivity index (χ4v) is 10.3. The number of rotatable bonds is 10. The van der Waals surface area contributed by atoms with Crippen molar-refractivity contribution < 1.29 is 17.1 Å². The van der Waals surface area contributed by atoms with Gasteiger partial charge in [-0.2, -0.15) is 0 Å². The van der Waals surface area contributed by atoms with Crippen LogP contribution in [0.2, 0.25) is 0 Å². The Morgan fingerprint density at radius 1 is 0.511 bits per heavy atom. The van der Waals surface area contributed by atoms with Crippen LogP contribution in [0.25, 0.3) is 0 Å². The van der Waals surface area contributed by atoms with E-state index < -0.39 is 15.8 Å². The van der Waals surface area contributed by atoms with Crippen LogP contribution in [0.15, 0.2) is 121 Å². The molecular weight excluding hydrogens is 626 g/mol. The Morgan fingerprint density at radius 3 is 1.31 bits per heavy atom. The van der Waals surface area contributed by atoms with Gasteiger partial charge < -0.3 is 0 Å². The summed E-state index contributed by atoms with van der Waals surface area (Å²) in [6, 6.07) is 43.8. The zero-order valence-corrected chi connectivity index (χ0v) is 29.4. The first-order valence-electron chi connectivity index (χ1n) is 15.2. The van der Waals surface area contributed by atoms with E-state index in [-0.39, 0.29) is 17.1 Å². The van der Waals surface area contributed by atoms with E-state index in [1.54, 1.807) is 0 Å². The minimum atomic E-state index is -0.548. The van der Waals surface area contributed by atoms with Gasteiger partial charge in [-0.05, 0) is 110 Å². The molecule has 0 heterocycles. The average Bonchev–Trinajstić information content (AvgIpc) is 3.77. The monoisotopic (exact) mass is 668 g/mol. The van der Waals surface area contributed by atoms with Crippen molar-refractivity contribution in [3.63, 3.8) is 0 Å². The van der Waals surface area contributed by atoms with Crippen LogP contribution >= 0.6 is 15.8 Å². The van der Waals surface area contributed by atoms with E-state index in [0.717, 1.165) is 6.67 Å². The molecule has 2 aliphatic carbocycles. The summed E-state index contributed by atoms with van der Waals surface area (Å²) >= 11 is 0. The van der Waals surface area contributed by atoms with Crippen molar-refractivity contribution in [2.45, 2.75) is 13.0 Å². The van der Waals surface area contributed by atoms with Gasteiger partial charge in [0.1, 0.15) is 0 Å². The van der Waals surface area contributed by atoms with Crippen LogP contribution in [-0.2, 0) is 17.1 Å². The van der Waals surface area contributed by atoms with Gasteiger partial charge >= 0.3 is 0 Å². The molecule has 0 amide bonds. The van der Waals surface area contributed by atoms with Crippen LogP contribution in [0, 0.1) is 62.2 Å². The Balaban J connectivity index is 0.000000213. The first-order valence-corrected chi connectivity index (χ1v) is 17.8. The summed E-state index contributed by atoms with van der Waals surface area (Å²) in [5.74, 6) is 1.44. The van der Waals surface area contributed by atoms with E-state index in [1.807, 2.05) is 0 Å². The minimum Gasteiger partial charge on any atom is -0.297 e. The third-order valence-electron chi connectivity index (χ3n) is 7.64. The van der Waals surface area contributed by atoms with E-state index in [9.17, 15) is 0 Å². The maximum atomic E-state index is 2.41. The van der Waals surface area contributed by atoms with Gasteiger partial charge in [0.15, 0.2) is 0 Å². The first kappa shape index (κ1) is 36.0. The van der Waals surface area contributed by atoms with Crippen LogP contribution in [0.4, 0.5) is 0 Å². The summed E-state index contributed by atoms with van der Waals surface area (Å²) in [5, 5.41) is 5.63. The second-order valence-corrected chi connectivity index (χ2v) is 15.6. The predicted molar refractivity (Wildman–Crippen MR) is 194 cm³/mol. The molecule has 0 spiro atoms. The molecule has 4 aromatic carbocycles. The van der Waals surface area contributed by atoms with Crippen LogP contribution < -0.4 is 21.2 Å². The summed E-state index contributed by atoms with van der Waals surface area (Å²) in [6.45, 7) is 3.26. The zero-order valence-electron chi connectivity index (χ0n) is 26.5. The third kappa shape index (κ3) is 9.84. The molecule has 5 heteroatoms. The number of nitrogens with zero attached hydrogens (tertiary/aromatic N) is 2.